The fourth-order valence-electron chi connectivity index (χ4n) is 3.31. The highest BCUT2D eigenvalue weighted by molar-refractivity contribution is 8.00. The number of aromatic nitrogens is 4. The first-order valence-electron chi connectivity index (χ1n) is 10.1. The van der Waals surface area contributed by atoms with E-state index in [0.717, 1.165) is 11.1 Å². The minimum atomic E-state index is -0.562. The average molecular weight is 450 g/mol. The van der Waals surface area contributed by atoms with E-state index < -0.39 is 5.25 Å². The Morgan fingerprint density at radius 2 is 1.91 bits per heavy atom. The highest BCUT2D eigenvalue weighted by atomic mass is 32.2. The summed E-state index contributed by atoms with van der Waals surface area (Å²) < 4.78 is 12.5. The van der Waals surface area contributed by atoms with Gasteiger partial charge in [-0.05, 0) is 31.5 Å². The second-order valence-corrected chi connectivity index (χ2v) is 8.04. The number of carbonyl (C=O) groups is 1. The van der Waals surface area contributed by atoms with Crippen LogP contribution in [0.5, 0.6) is 5.75 Å². The molecule has 2 heterocycles. The van der Waals surface area contributed by atoms with Gasteiger partial charge in [-0.15, -0.1) is 10.2 Å². The number of thioether (sulfide) groups is 1. The second kappa shape index (κ2) is 9.69. The van der Waals surface area contributed by atoms with Crippen LogP contribution in [0.1, 0.15) is 23.5 Å². The number of ether oxygens (including phenoxy) is 1. The topological polar surface area (TPSA) is 95.1 Å². The van der Waals surface area contributed by atoms with Crippen molar-refractivity contribution >= 4 is 23.5 Å². The fourth-order valence-corrected chi connectivity index (χ4v) is 4.41. The van der Waals surface area contributed by atoms with Crippen molar-refractivity contribution in [3.8, 4) is 17.1 Å². The molecule has 32 heavy (non-hydrogen) atoms. The smallest absolute Gasteiger partial charge is 0.243 e. The number of rotatable bonds is 8. The van der Waals surface area contributed by atoms with Crippen molar-refractivity contribution < 1.29 is 14.1 Å². The number of methoxy groups -OCH3 is 1. The largest absolute Gasteiger partial charge is 0.496 e. The number of hydrogen-bond donors (Lipinski definition) is 1. The quantitative estimate of drug-likeness (QED) is 0.388. The Morgan fingerprint density at radius 1 is 1.16 bits per heavy atom. The van der Waals surface area contributed by atoms with E-state index in [0.29, 0.717) is 34.9 Å². The molecule has 1 unspecified atom stereocenters. The van der Waals surface area contributed by atoms with E-state index in [-0.39, 0.29) is 5.91 Å². The zero-order valence-electron chi connectivity index (χ0n) is 18.0. The molecule has 0 aliphatic rings. The van der Waals surface area contributed by atoms with Gasteiger partial charge in [-0.25, -0.2) is 0 Å². The first kappa shape index (κ1) is 21.6. The molecule has 1 atom stereocenters. The van der Waals surface area contributed by atoms with E-state index in [9.17, 15) is 4.79 Å². The molecule has 1 amide bonds. The van der Waals surface area contributed by atoms with E-state index in [1.165, 1.54) is 11.8 Å². The van der Waals surface area contributed by atoms with Gasteiger partial charge < -0.3 is 19.1 Å². The number of amides is 1. The molecule has 4 rings (SSSR count). The SMILES string of the molecule is CCn1c(SC(C(=O)Nc2cc(C)on2)c2ccccc2)nnc1-c1ccccc1OC. The van der Waals surface area contributed by atoms with Crippen LogP contribution in [0, 0.1) is 6.92 Å². The average Bonchev–Trinajstić information content (AvgIpc) is 3.42. The van der Waals surface area contributed by atoms with Crippen LogP contribution >= 0.6 is 11.8 Å². The molecule has 9 heteroatoms. The van der Waals surface area contributed by atoms with E-state index >= 15 is 0 Å². The van der Waals surface area contributed by atoms with Crippen LogP contribution in [0.4, 0.5) is 5.82 Å². The molecule has 0 radical (unpaired) electrons. The summed E-state index contributed by atoms with van der Waals surface area (Å²) in [5.74, 6) is 2.17. The standard InChI is InChI=1S/C23H23N5O3S/c1-4-28-21(17-12-8-9-13-18(17)30-3)25-26-23(28)32-20(16-10-6-5-7-11-16)22(29)24-19-14-15(2)31-27-19/h5-14,20H,4H2,1-3H3,(H,24,27,29). The maximum absolute atomic E-state index is 13.2. The number of carbonyl (C=O) groups excluding carboxylic acids is 1. The van der Waals surface area contributed by atoms with Gasteiger partial charge >= 0.3 is 0 Å². The Kier molecular flexibility index (Phi) is 6.55. The van der Waals surface area contributed by atoms with Crippen LogP contribution in [0.2, 0.25) is 0 Å². The number of benzene rings is 2. The molecule has 0 bridgehead atoms. The number of anilines is 1. The van der Waals surface area contributed by atoms with Crippen LogP contribution in [-0.4, -0.2) is 32.9 Å². The Labute approximate surface area is 190 Å². The summed E-state index contributed by atoms with van der Waals surface area (Å²) in [6, 6.07) is 18.9. The highest BCUT2D eigenvalue weighted by Gasteiger charge is 2.27. The van der Waals surface area contributed by atoms with Crippen molar-refractivity contribution in [2.24, 2.45) is 0 Å². The van der Waals surface area contributed by atoms with Gasteiger partial charge in [0.15, 0.2) is 16.8 Å². The van der Waals surface area contributed by atoms with Gasteiger partial charge in [-0.1, -0.05) is 59.4 Å². The molecule has 0 aliphatic carbocycles. The van der Waals surface area contributed by atoms with Gasteiger partial charge in [-0.3, -0.25) is 4.79 Å². The maximum Gasteiger partial charge on any atom is 0.243 e. The molecule has 4 aromatic rings. The minimum absolute atomic E-state index is 0.223. The predicted octanol–water partition coefficient (Wildman–Crippen LogP) is 4.74. The van der Waals surface area contributed by atoms with Crippen LogP contribution in [0.3, 0.4) is 0 Å². The lowest BCUT2D eigenvalue weighted by Gasteiger charge is -2.16. The third kappa shape index (κ3) is 4.52. The monoisotopic (exact) mass is 449 g/mol. The van der Waals surface area contributed by atoms with E-state index in [1.54, 1.807) is 20.1 Å². The van der Waals surface area contributed by atoms with Crippen LogP contribution < -0.4 is 10.1 Å². The molecule has 8 nitrogen and oxygen atoms in total. The Hall–Kier alpha value is -3.59. The van der Waals surface area contributed by atoms with Gasteiger partial charge in [0.25, 0.3) is 0 Å². The van der Waals surface area contributed by atoms with Crippen molar-refractivity contribution in [1.29, 1.82) is 0 Å². The van der Waals surface area contributed by atoms with Crippen molar-refractivity contribution in [1.82, 2.24) is 19.9 Å². The number of nitrogens with zero attached hydrogens (tertiary/aromatic N) is 4. The molecule has 0 spiro atoms. The third-order valence-electron chi connectivity index (χ3n) is 4.82. The Balaban J connectivity index is 1.68. The van der Waals surface area contributed by atoms with E-state index in [2.05, 4.69) is 20.7 Å². The van der Waals surface area contributed by atoms with Crippen LogP contribution in [0.15, 0.2) is 70.3 Å². The van der Waals surface area contributed by atoms with Crippen molar-refractivity contribution in [3.63, 3.8) is 0 Å². The maximum atomic E-state index is 13.2. The van der Waals surface area contributed by atoms with E-state index in [1.807, 2.05) is 66.1 Å². The van der Waals surface area contributed by atoms with Gasteiger partial charge in [0.1, 0.15) is 16.8 Å². The predicted molar refractivity (Wildman–Crippen MR) is 123 cm³/mol. The van der Waals surface area contributed by atoms with Gasteiger partial charge in [0.05, 0.1) is 12.7 Å². The summed E-state index contributed by atoms with van der Waals surface area (Å²) >= 11 is 1.33. The Bertz CT molecular complexity index is 1210. The molecular formula is C23H23N5O3S. The molecule has 0 aliphatic heterocycles. The van der Waals surface area contributed by atoms with E-state index in [4.69, 9.17) is 9.26 Å². The number of para-hydroxylation sites is 1. The molecular weight excluding hydrogens is 426 g/mol. The molecule has 0 saturated carbocycles. The molecule has 2 aromatic carbocycles. The van der Waals surface area contributed by atoms with Crippen molar-refractivity contribution in [2.75, 3.05) is 12.4 Å². The summed E-state index contributed by atoms with van der Waals surface area (Å²) in [6.45, 7) is 4.42. The lowest BCUT2D eigenvalue weighted by atomic mass is 10.1. The first-order valence-corrected chi connectivity index (χ1v) is 11.0. The van der Waals surface area contributed by atoms with Crippen molar-refractivity contribution in [3.05, 3.63) is 72.0 Å². The van der Waals surface area contributed by atoms with Gasteiger partial charge in [0.2, 0.25) is 5.91 Å². The van der Waals surface area contributed by atoms with Crippen molar-refractivity contribution in [2.45, 2.75) is 30.8 Å². The summed E-state index contributed by atoms with van der Waals surface area (Å²) in [5, 5.41) is 15.6. The molecule has 2 aromatic heterocycles. The van der Waals surface area contributed by atoms with Crippen LogP contribution in [-0.2, 0) is 11.3 Å². The summed E-state index contributed by atoms with van der Waals surface area (Å²) in [6.07, 6.45) is 0. The number of nitrogens with one attached hydrogen (secondary N) is 1. The second-order valence-electron chi connectivity index (χ2n) is 6.97. The summed E-state index contributed by atoms with van der Waals surface area (Å²) in [4.78, 5) is 13.2. The minimum Gasteiger partial charge on any atom is -0.496 e. The fraction of sp³-hybridized carbons (Fsp3) is 0.217. The summed E-state index contributed by atoms with van der Waals surface area (Å²) in [5.41, 5.74) is 1.69. The Morgan fingerprint density at radius 3 is 2.59 bits per heavy atom. The third-order valence-corrected chi connectivity index (χ3v) is 6.06. The normalized spacial score (nSPS) is 11.8. The zero-order chi connectivity index (χ0) is 22.5. The van der Waals surface area contributed by atoms with Gasteiger partial charge in [0, 0.05) is 12.6 Å². The molecule has 1 N–H and O–H groups in total. The lowest BCUT2D eigenvalue weighted by Crippen LogP contribution is -2.19. The number of hydrogen-bond acceptors (Lipinski definition) is 7. The zero-order valence-corrected chi connectivity index (χ0v) is 18.8. The van der Waals surface area contributed by atoms with Crippen LogP contribution in [0.25, 0.3) is 11.4 Å². The summed E-state index contributed by atoms with van der Waals surface area (Å²) in [7, 11) is 1.63. The number of aryl methyl sites for hydroxylation is 1. The first-order chi connectivity index (χ1) is 15.6. The lowest BCUT2D eigenvalue weighted by molar-refractivity contribution is -0.115. The molecule has 0 fully saturated rings. The molecule has 164 valence electrons. The molecule has 0 saturated heterocycles. The van der Waals surface area contributed by atoms with Gasteiger partial charge in [-0.2, -0.15) is 0 Å². The highest BCUT2D eigenvalue weighted by Crippen LogP contribution is 2.38.